The molecule has 0 saturated heterocycles. The molecule has 8 heterocycles. The number of nitrogens with zero attached hydrogens (tertiary/aromatic N) is 12. The molecule has 124 heavy (non-hydrogen) atoms. The highest BCUT2D eigenvalue weighted by atomic mass is 14.9. The summed E-state index contributed by atoms with van der Waals surface area (Å²) in [6, 6.07) is 144. The van der Waals surface area contributed by atoms with Crippen LogP contribution in [0.5, 0.6) is 0 Å². The SMILES string of the molecule is c1ccc(-c2nc3c(-c4ccccc4)ccc(-c4ccccc4)c3nc2-c2ccc(-c3ccccn3)cc2)cc1.c1ccc(-c2nc3ccccc3nc2-c2ccc(-c3ccccn3)cc2)cc1.c1ccc(-c2nc3ccccc3nc2-c2ccc(-c3cccnc3)cc2)cc1.c1ccc(-c2nc3ccccc3nc2-c2ccc(-c3ccncc3)cc2)cc1. The Hall–Kier alpha value is -17.0. The van der Waals surface area contributed by atoms with Crippen molar-refractivity contribution >= 4 is 44.1 Å². The fourth-order valence-corrected chi connectivity index (χ4v) is 15.2. The molecular weight excluding hydrogens is 1510 g/mol. The van der Waals surface area contributed by atoms with E-state index in [-0.39, 0.29) is 0 Å². The number of aromatic nitrogens is 12. The molecule has 0 spiro atoms. The van der Waals surface area contributed by atoms with E-state index in [0.717, 1.165) is 201 Å². The summed E-state index contributed by atoms with van der Waals surface area (Å²) in [5.41, 5.74) is 35.6. The number of benzene rings is 14. The summed E-state index contributed by atoms with van der Waals surface area (Å²) >= 11 is 0. The summed E-state index contributed by atoms with van der Waals surface area (Å²) in [6.45, 7) is 0. The monoisotopic (exact) mass is 1590 g/mol. The first-order chi connectivity index (χ1) is 61.5. The molecule has 0 radical (unpaired) electrons. The van der Waals surface area contributed by atoms with Crippen LogP contribution in [0.4, 0.5) is 0 Å². The highest BCUT2D eigenvalue weighted by Crippen LogP contribution is 2.41. The van der Waals surface area contributed by atoms with Gasteiger partial charge in [-0.3, -0.25) is 19.9 Å². The van der Waals surface area contributed by atoms with Gasteiger partial charge in [0.1, 0.15) is 0 Å². The Bertz CT molecular complexity index is 6890. The standard InChI is InChI=1S/C37H25N3.3C25H17N3/c1-4-12-26(13-5-1)31-23-24-32(27-14-6-2-7-15-27)37-36(31)39-34(29-16-8-3-9-17-29)35(40-37)30-21-19-28(20-22-30)33-18-10-11-25-38-33;1-2-8-19(9-3-1)24-25(28-23-12-5-4-11-22(23)27-24)20-15-13-18(14-16-20)21-10-6-7-17-26-21;1-2-7-19(8-3-1)24-25(28-23-11-5-4-10-22(23)27-24)20-14-12-18(13-15-20)21-9-6-16-26-17-21;1-2-6-20(7-3-1)24-25(28-23-9-5-4-8-22(23)27-24)21-12-10-18(11-13-21)19-14-16-26-17-15-19/h1-25H;3*1-17H. The second-order valence-electron chi connectivity index (χ2n) is 29.4. The molecule has 584 valence electrons. The van der Waals surface area contributed by atoms with E-state index in [1.165, 1.54) is 0 Å². The molecule has 22 aromatic rings. The second-order valence-corrected chi connectivity index (χ2v) is 29.4. The average molecular weight is 1590 g/mol. The summed E-state index contributed by atoms with van der Waals surface area (Å²) in [6.07, 6.45) is 10.9. The lowest BCUT2D eigenvalue weighted by molar-refractivity contribution is 1.29. The lowest BCUT2D eigenvalue weighted by Gasteiger charge is -2.16. The summed E-state index contributed by atoms with van der Waals surface area (Å²) in [5, 5.41) is 0. The molecule has 0 aliphatic rings. The van der Waals surface area contributed by atoms with Crippen LogP contribution in [0.1, 0.15) is 0 Å². The van der Waals surface area contributed by atoms with Crippen LogP contribution in [0.2, 0.25) is 0 Å². The van der Waals surface area contributed by atoms with Gasteiger partial charge in [0.2, 0.25) is 0 Å². The Balaban J connectivity index is 0.000000110. The number of rotatable bonds is 14. The predicted octanol–water partition coefficient (Wildman–Crippen LogP) is 27.4. The molecule has 0 unspecified atom stereocenters. The highest BCUT2D eigenvalue weighted by Gasteiger charge is 2.22. The molecule has 8 aromatic heterocycles. The van der Waals surface area contributed by atoms with E-state index in [1.54, 1.807) is 6.20 Å². The first-order valence-electron chi connectivity index (χ1n) is 41.0. The van der Waals surface area contributed by atoms with Gasteiger partial charge in [0, 0.05) is 104 Å². The van der Waals surface area contributed by atoms with Gasteiger partial charge in [0.15, 0.2) is 0 Å². The zero-order valence-corrected chi connectivity index (χ0v) is 67.2. The summed E-state index contributed by atoms with van der Waals surface area (Å²) in [5.74, 6) is 0. The van der Waals surface area contributed by atoms with E-state index >= 15 is 0 Å². The molecule has 0 fully saturated rings. The van der Waals surface area contributed by atoms with Crippen LogP contribution in [0, 0.1) is 0 Å². The van der Waals surface area contributed by atoms with Gasteiger partial charge in [-0.1, -0.05) is 346 Å². The molecule has 12 heteroatoms. The Morgan fingerprint density at radius 3 is 0.645 bits per heavy atom. The fourth-order valence-electron chi connectivity index (χ4n) is 15.2. The van der Waals surface area contributed by atoms with E-state index in [4.69, 9.17) is 39.9 Å². The molecular formula is C112H76N12. The van der Waals surface area contributed by atoms with Crippen molar-refractivity contribution in [1.82, 2.24) is 59.8 Å². The Morgan fingerprint density at radius 1 is 0.129 bits per heavy atom. The lowest BCUT2D eigenvalue weighted by Crippen LogP contribution is -1.99. The van der Waals surface area contributed by atoms with Crippen LogP contribution in [-0.4, -0.2) is 59.8 Å². The van der Waals surface area contributed by atoms with Crippen LogP contribution in [0.25, 0.3) is 201 Å². The Morgan fingerprint density at radius 2 is 0.363 bits per heavy atom. The molecule has 12 nitrogen and oxygen atoms in total. The zero-order valence-electron chi connectivity index (χ0n) is 67.2. The van der Waals surface area contributed by atoms with E-state index in [0.29, 0.717) is 0 Å². The van der Waals surface area contributed by atoms with E-state index < -0.39 is 0 Å². The smallest absolute Gasteiger partial charge is 0.0979 e. The van der Waals surface area contributed by atoms with Crippen molar-refractivity contribution in [3.05, 3.63) is 462 Å². The van der Waals surface area contributed by atoms with Gasteiger partial charge in [-0.05, 0) is 112 Å². The van der Waals surface area contributed by atoms with Crippen molar-refractivity contribution < 1.29 is 0 Å². The lowest BCUT2D eigenvalue weighted by atomic mass is 9.96. The van der Waals surface area contributed by atoms with Gasteiger partial charge in [-0.2, -0.15) is 0 Å². The summed E-state index contributed by atoms with van der Waals surface area (Å²) in [4.78, 5) is 57.7. The minimum absolute atomic E-state index is 0.855. The predicted molar refractivity (Wildman–Crippen MR) is 505 cm³/mol. The van der Waals surface area contributed by atoms with E-state index in [9.17, 15) is 0 Å². The van der Waals surface area contributed by atoms with Gasteiger partial charge >= 0.3 is 0 Å². The molecule has 0 atom stereocenters. The minimum Gasteiger partial charge on any atom is -0.265 e. The molecule has 0 aliphatic carbocycles. The maximum absolute atomic E-state index is 5.41. The van der Waals surface area contributed by atoms with Gasteiger partial charge < -0.3 is 0 Å². The number of hydrogen-bond acceptors (Lipinski definition) is 12. The first kappa shape index (κ1) is 77.0. The van der Waals surface area contributed by atoms with E-state index in [2.05, 4.69) is 232 Å². The van der Waals surface area contributed by atoms with Gasteiger partial charge in [-0.25, -0.2) is 39.9 Å². The van der Waals surface area contributed by atoms with Crippen LogP contribution in [0.3, 0.4) is 0 Å². The highest BCUT2D eigenvalue weighted by molar-refractivity contribution is 6.03. The van der Waals surface area contributed by atoms with Crippen molar-refractivity contribution in [2.75, 3.05) is 0 Å². The van der Waals surface area contributed by atoms with Crippen molar-refractivity contribution in [1.29, 1.82) is 0 Å². The maximum atomic E-state index is 5.41. The topological polar surface area (TPSA) is 155 Å². The molecule has 0 bridgehead atoms. The minimum atomic E-state index is 0.855. The third-order valence-electron chi connectivity index (χ3n) is 21.5. The Kier molecular flexibility index (Phi) is 22.7. The van der Waals surface area contributed by atoms with E-state index in [1.807, 2.05) is 243 Å². The molecule has 22 rings (SSSR count). The van der Waals surface area contributed by atoms with Crippen LogP contribution >= 0.6 is 0 Å². The summed E-state index contributed by atoms with van der Waals surface area (Å²) < 4.78 is 0. The van der Waals surface area contributed by atoms with Crippen LogP contribution in [-0.2, 0) is 0 Å². The Labute approximate surface area is 718 Å². The molecule has 0 amide bonds. The number of para-hydroxylation sites is 6. The largest absolute Gasteiger partial charge is 0.265 e. The van der Waals surface area contributed by atoms with Crippen LogP contribution < -0.4 is 0 Å². The van der Waals surface area contributed by atoms with Crippen molar-refractivity contribution in [2.24, 2.45) is 0 Å². The van der Waals surface area contributed by atoms with Gasteiger partial charge in [0.25, 0.3) is 0 Å². The number of pyridine rings is 4. The van der Waals surface area contributed by atoms with Crippen LogP contribution in [0.15, 0.2) is 462 Å². The maximum Gasteiger partial charge on any atom is 0.0979 e. The zero-order chi connectivity index (χ0) is 83.0. The fraction of sp³-hybridized carbons (Fsp3) is 0. The molecule has 0 N–H and O–H groups in total. The van der Waals surface area contributed by atoms with Crippen molar-refractivity contribution in [2.45, 2.75) is 0 Å². The normalized spacial score (nSPS) is 10.9. The average Bonchev–Trinajstić information content (AvgIpc) is 0.770. The number of fused-ring (bicyclic) bond motifs is 4. The van der Waals surface area contributed by atoms with Gasteiger partial charge in [0.05, 0.1) is 101 Å². The number of hydrogen-bond donors (Lipinski definition) is 0. The summed E-state index contributed by atoms with van der Waals surface area (Å²) in [7, 11) is 0. The quantitative estimate of drug-likeness (QED) is 0.102. The molecule has 0 saturated carbocycles. The van der Waals surface area contributed by atoms with Gasteiger partial charge in [-0.15, -0.1) is 0 Å². The van der Waals surface area contributed by atoms with Crippen molar-refractivity contribution in [3.8, 4) is 157 Å². The van der Waals surface area contributed by atoms with Crippen molar-refractivity contribution in [3.63, 3.8) is 0 Å². The third kappa shape index (κ3) is 17.2. The second kappa shape index (κ2) is 36.5. The molecule has 14 aromatic carbocycles. The molecule has 0 aliphatic heterocycles. The first-order valence-corrected chi connectivity index (χ1v) is 41.0. The third-order valence-corrected chi connectivity index (χ3v) is 21.5.